The molecule has 0 fully saturated rings. The van der Waals surface area contributed by atoms with Crippen molar-refractivity contribution < 1.29 is 13.0 Å². The summed E-state index contributed by atoms with van der Waals surface area (Å²) < 4.78 is 32.4. The van der Waals surface area contributed by atoms with E-state index in [4.69, 9.17) is 10.3 Å². The molecule has 0 aromatic heterocycles. The first-order valence-electron chi connectivity index (χ1n) is 6.08. The Bertz CT molecular complexity index is 531. The molecule has 0 heterocycles. The first-order valence-corrected chi connectivity index (χ1v) is 7.52. The molecule has 0 aliphatic heterocycles. The highest BCUT2D eigenvalue weighted by molar-refractivity contribution is 7.83. The number of likely N-dealkylation sites (N-methyl/N-ethyl adjacent to an activating group) is 1. The number of nitrogens with zero attached hydrogens (tertiary/aromatic N) is 1. The standard InChI is InChI=1S/C12H21N3O3S/c1-4-15(8-10(3)14-19(16,17)18)11-5-6-12(13)9(2)7-11/h5-7,10,14H,4,8,13H2,1-3H3,(H,16,17,18). The molecular weight excluding hydrogens is 266 g/mol. The zero-order valence-corrected chi connectivity index (χ0v) is 12.2. The molecule has 1 rings (SSSR count). The van der Waals surface area contributed by atoms with Crippen LogP contribution in [-0.2, 0) is 10.3 Å². The van der Waals surface area contributed by atoms with Crippen molar-refractivity contribution in [3.8, 4) is 0 Å². The average Bonchev–Trinajstić information content (AvgIpc) is 2.27. The number of rotatable bonds is 6. The first-order chi connectivity index (χ1) is 8.73. The van der Waals surface area contributed by atoms with Crippen molar-refractivity contribution in [2.75, 3.05) is 23.7 Å². The summed E-state index contributed by atoms with van der Waals surface area (Å²) in [5.41, 5.74) is 8.45. The van der Waals surface area contributed by atoms with Crippen LogP contribution in [0.5, 0.6) is 0 Å². The van der Waals surface area contributed by atoms with Gasteiger partial charge in [0.25, 0.3) is 0 Å². The predicted octanol–water partition coefficient (Wildman–Crippen LogP) is 1.18. The topological polar surface area (TPSA) is 95.7 Å². The highest BCUT2D eigenvalue weighted by Gasteiger charge is 2.14. The zero-order valence-electron chi connectivity index (χ0n) is 11.4. The Balaban J connectivity index is 2.80. The van der Waals surface area contributed by atoms with E-state index in [1.54, 1.807) is 6.92 Å². The highest BCUT2D eigenvalue weighted by atomic mass is 32.2. The molecule has 1 atom stereocenters. The number of aryl methyl sites for hydroxylation is 1. The number of nitrogens with two attached hydrogens (primary N) is 1. The summed E-state index contributed by atoms with van der Waals surface area (Å²) >= 11 is 0. The van der Waals surface area contributed by atoms with Gasteiger partial charge in [-0.25, -0.2) is 0 Å². The van der Waals surface area contributed by atoms with Gasteiger partial charge in [-0.3, -0.25) is 4.55 Å². The molecule has 0 spiro atoms. The monoisotopic (exact) mass is 287 g/mol. The molecule has 0 radical (unpaired) electrons. The van der Waals surface area contributed by atoms with Gasteiger partial charge in [-0.05, 0) is 44.5 Å². The fraction of sp³-hybridized carbons (Fsp3) is 0.500. The fourth-order valence-corrected chi connectivity index (χ4v) is 2.48. The predicted molar refractivity (Wildman–Crippen MR) is 77.6 cm³/mol. The lowest BCUT2D eigenvalue weighted by Gasteiger charge is -2.27. The molecule has 0 bridgehead atoms. The largest absolute Gasteiger partial charge is 0.399 e. The third kappa shape index (κ3) is 5.06. The van der Waals surface area contributed by atoms with E-state index in [9.17, 15) is 8.42 Å². The summed E-state index contributed by atoms with van der Waals surface area (Å²) in [5, 5.41) is 0. The van der Waals surface area contributed by atoms with Gasteiger partial charge in [0.15, 0.2) is 0 Å². The van der Waals surface area contributed by atoms with Crippen molar-refractivity contribution in [1.82, 2.24) is 4.72 Å². The molecule has 0 saturated carbocycles. The Labute approximate surface area is 114 Å². The van der Waals surface area contributed by atoms with E-state index in [0.29, 0.717) is 6.54 Å². The summed E-state index contributed by atoms with van der Waals surface area (Å²) in [6.07, 6.45) is 0. The first kappa shape index (κ1) is 15.7. The summed E-state index contributed by atoms with van der Waals surface area (Å²) in [6.45, 7) is 6.78. The number of nitrogen functional groups attached to an aromatic ring is 1. The van der Waals surface area contributed by atoms with Crippen LogP contribution in [0.15, 0.2) is 18.2 Å². The number of anilines is 2. The molecule has 0 aliphatic rings. The summed E-state index contributed by atoms with van der Waals surface area (Å²) in [7, 11) is -4.17. The van der Waals surface area contributed by atoms with Crippen LogP contribution in [0.2, 0.25) is 0 Å². The summed E-state index contributed by atoms with van der Waals surface area (Å²) in [4.78, 5) is 2.01. The maximum Gasteiger partial charge on any atom is 0.333 e. The Hall–Kier alpha value is -1.31. The molecule has 0 saturated heterocycles. The van der Waals surface area contributed by atoms with Crippen molar-refractivity contribution in [3.05, 3.63) is 23.8 Å². The smallest absolute Gasteiger partial charge is 0.333 e. The van der Waals surface area contributed by atoms with Crippen LogP contribution < -0.4 is 15.4 Å². The second-order valence-electron chi connectivity index (χ2n) is 4.57. The van der Waals surface area contributed by atoms with Gasteiger partial charge < -0.3 is 10.6 Å². The number of benzene rings is 1. The van der Waals surface area contributed by atoms with Gasteiger partial charge in [-0.1, -0.05) is 0 Å². The van der Waals surface area contributed by atoms with Crippen LogP contribution in [0, 0.1) is 6.92 Å². The lowest BCUT2D eigenvalue weighted by molar-refractivity contribution is 0.455. The minimum atomic E-state index is -4.17. The van der Waals surface area contributed by atoms with Gasteiger partial charge in [0.05, 0.1) is 0 Å². The van der Waals surface area contributed by atoms with Gasteiger partial charge >= 0.3 is 10.3 Å². The van der Waals surface area contributed by atoms with Crippen molar-refractivity contribution in [3.63, 3.8) is 0 Å². The van der Waals surface area contributed by atoms with Crippen LogP contribution in [0.1, 0.15) is 19.4 Å². The van der Waals surface area contributed by atoms with Gasteiger partial charge in [0.2, 0.25) is 0 Å². The number of hydrogen-bond acceptors (Lipinski definition) is 4. The number of hydrogen-bond donors (Lipinski definition) is 3. The summed E-state index contributed by atoms with van der Waals surface area (Å²) in [6, 6.07) is 5.28. The Morgan fingerprint density at radius 3 is 2.58 bits per heavy atom. The quantitative estimate of drug-likeness (QED) is 0.539. The lowest BCUT2D eigenvalue weighted by atomic mass is 10.1. The molecule has 19 heavy (non-hydrogen) atoms. The number of nitrogens with one attached hydrogen (secondary N) is 1. The van der Waals surface area contributed by atoms with Gasteiger partial charge in [0, 0.05) is 30.5 Å². The SMILES string of the molecule is CCN(CC(C)NS(=O)(=O)O)c1ccc(N)c(C)c1. The second kappa shape index (κ2) is 6.23. The Morgan fingerprint density at radius 1 is 1.47 bits per heavy atom. The molecule has 4 N–H and O–H groups in total. The maximum absolute atomic E-state index is 10.8. The Kier molecular flexibility index (Phi) is 5.16. The van der Waals surface area contributed by atoms with Crippen LogP contribution in [0.4, 0.5) is 11.4 Å². The molecular formula is C12H21N3O3S. The van der Waals surface area contributed by atoms with E-state index in [1.165, 1.54) is 0 Å². The average molecular weight is 287 g/mol. The minimum absolute atomic E-state index is 0.396. The van der Waals surface area contributed by atoms with Crippen LogP contribution in [0.3, 0.4) is 0 Å². The molecule has 1 aromatic rings. The van der Waals surface area contributed by atoms with E-state index < -0.39 is 16.3 Å². The third-order valence-corrected chi connectivity index (χ3v) is 3.54. The van der Waals surface area contributed by atoms with Crippen LogP contribution in [-0.4, -0.2) is 32.1 Å². The van der Waals surface area contributed by atoms with Crippen LogP contribution in [0.25, 0.3) is 0 Å². The molecule has 0 amide bonds. The maximum atomic E-state index is 10.8. The fourth-order valence-electron chi connectivity index (χ4n) is 1.90. The van der Waals surface area contributed by atoms with Crippen molar-refractivity contribution >= 4 is 21.7 Å². The van der Waals surface area contributed by atoms with Gasteiger partial charge in [0.1, 0.15) is 0 Å². The summed E-state index contributed by atoms with van der Waals surface area (Å²) in [5.74, 6) is 0. The molecule has 0 aliphatic carbocycles. The lowest BCUT2D eigenvalue weighted by Crippen LogP contribution is -2.41. The van der Waals surface area contributed by atoms with Crippen LogP contribution >= 0.6 is 0 Å². The molecule has 1 aromatic carbocycles. The normalized spacial score (nSPS) is 13.3. The zero-order chi connectivity index (χ0) is 14.6. The van der Waals surface area contributed by atoms with Crippen molar-refractivity contribution in [2.24, 2.45) is 0 Å². The molecule has 1 unspecified atom stereocenters. The molecule has 108 valence electrons. The van der Waals surface area contributed by atoms with Gasteiger partial charge in [-0.2, -0.15) is 13.1 Å². The molecule has 6 nitrogen and oxygen atoms in total. The third-order valence-electron chi connectivity index (χ3n) is 2.84. The van der Waals surface area contributed by atoms with E-state index in [0.717, 1.165) is 23.5 Å². The minimum Gasteiger partial charge on any atom is -0.399 e. The van der Waals surface area contributed by atoms with E-state index >= 15 is 0 Å². The van der Waals surface area contributed by atoms with E-state index in [2.05, 4.69) is 4.72 Å². The Morgan fingerprint density at radius 2 is 2.11 bits per heavy atom. The molecule has 7 heteroatoms. The van der Waals surface area contributed by atoms with E-state index in [-0.39, 0.29) is 0 Å². The second-order valence-corrected chi connectivity index (χ2v) is 5.76. The van der Waals surface area contributed by atoms with E-state index in [1.807, 2.05) is 36.9 Å². The van der Waals surface area contributed by atoms with Gasteiger partial charge in [-0.15, -0.1) is 0 Å². The van der Waals surface area contributed by atoms with Crippen molar-refractivity contribution in [1.29, 1.82) is 0 Å². The highest BCUT2D eigenvalue weighted by Crippen LogP contribution is 2.20. The van der Waals surface area contributed by atoms with Crippen molar-refractivity contribution in [2.45, 2.75) is 26.8 Å².